The van der Waals surface area contributed by atoms with E-state index >= 15 is 0 Å². The van der Waals surface area contributed by atoms with E-state index in [1.165, 1.54) is 18.2 Å². The van der Waals surface area contributed by atoms with Gasteiger partial charge in [-0.1, -0.05) is 63.4 Å². The Morgan fingerprint density at radius 2 is 1.76 bits per heavy atom. The molecule has 0 aliphatic carbocycles. The summed E-state index contributed by atoms with van der Waals surface area (Å²) in [5, 5.41) is 6.68. The molecule has 0 bridgehead atoms. The smallest absolute Gasteiger partial charge is 0.338 e. The zero-order valence-corrected chi connectivity index (χ0v) is 26.4. The van der Waals surface area contributed by atoms with Gasteiger partial charge in [0, 0.05) is 5.56 Å². The van der Waals surface area contributed by atoms with E-state index in [0.29, 0.717) is 42.9 Å². The molecule has 242 valence electrons. The van der Waals surface area contributed by atoms with Gasteiger partial charge in [-0.2, -0.15) is 0 Å². The number of amides is 3. The zero-order chi connectivity index (χ0) is 32.6. The lowest BCUT2D eigenvalue weighted by atomic mass is 9.90. The first-order valence-electron chi connectivity index (χ1n) is 15.3. The normalized spacial score (nSPS) is 12.1. The van der Waals surface area contributed by atoms with Gasteiger partial charge in [-0.05, 0) is 55.7 Å². The second kappa shape index (κ2) is 18.2. The Balaban J connectivity index is 1.65. The maximum absolute atomic E-state index is 13.4. The molecule has 2 N–H and O–H groups in total. The van der Waals surface area contributed by atoms with E-state index in [-0.39, 0.29) is 30.5 Å². The third-order valence-electron chi connectivity index (χ3n) is 7.26. The number of benzene rings is 2. The number of carbonyl (C=O) groups excluding carboxylic acids is 4. The largest absolute Gasteiger partial charge is 0.494 e. The summed E-state index contributed by atoms with van der Waals surface area (Å²) >= 11 is 0. The van der Waals surface area contributed by atoms with Crippen LogP contribution in [0.15, 0.2) is 65.1 Å². The summed E-state index contributed by atoms with van der Waals surface area (Å²) in [6, 6.07) is 17.0. The van der Waals surface area contributed by atoms with Gasteiger partial charge in [0.1, 0.15) is 18.1 Å². The highest BCUT2D eigenvalue weighted by Gasteiger charge is 2.32. The van der Waals surface area contributed by atoms with E-state index < -0.39 is 23.8 Å². The van der Waals surface area contributed by atoms with E-state index in [1.54, 1.807) is 24.3 Å². The minimum Gasteiger partial charge on any atom is -0.494 e. The zero-order valence-electron chi connectivity index (χ0n) is 26.4. The highest BCUT2D eigenvalue weighted by molar-refractivity contribution is 5.93. The number of esters is 1. The predicted octanol–water partition coefficient (Wildman–Crippen LogP) is 5.50. The van der Waals surface area contributed by atoms with Crippen molar-refractivity contribution in [1.82, 2.24) is 15.7 Å². The van der Waals surface area contributed by atoms with Crippen molar-refractivity contribution in [3.05, 3.63) is 77.6 Å². The lowest BCUT2D eigenvalue weighted by Crippen LogP contribution is -2.48. The van der Waals surface area contributed by atoms with Gasteiger partial charge in [-0.15, -0.1) is 0 Å². The minimum atomic E-state index is -0.545. The van der Waals surface area contributed by atoms with Crippen LogP contribution in [0.3, 0.4) is 0 Å². The number of methoxy groups -OCH3 is 1. The second-order valence-electron chi connectivity index (χ2n) is 10.4. The molecule has 0 aliphatic heterocycles. The third kappa shape index (κ3) is 10.2. The molecule has 45 heavy (non-hydrogen) atoms. The number of hydrogen-bond acceptors (Lipinski definition) is 8. The number of nitrogens with one attached hydrogen (secondary N) is 2. The summed E-state index contributed by atoms with van der Waals surface area (Å²) in [6.45, 7) is 6.26. The molecule has 3 rings (SSSR count). The van der Waals surface area contributed by atoms with Crippen molar-refractivity contribution in [3.63, 3.8) is 0 Å². The lowest BCUT2D eigenvalue weighted by Gasteiger charge is -2.32. The number of unbranched alkanes of at least 4 members (excludes halogenated alkanes) is 2. The van der Waals surface area contributed by atoms with Crippen LogP contribution >= 0.6 is 0 Å². The SMILES string of the molecule is CCCCCC(C(=O)NCNC(=O)c1ccc(-c2cc(OCC)cc(C(=O)OC)c2)o1)C(CC)N(C=O)OCc1ccccc1. The maximum Gasteiger partial charge on any atom is 0.338 e. The summed E-state index contributed by atoms with van der Waals surface area (Å²) in [6.07, 6.45) is 4.40. The minimum absolute atomic E-state index is 0.0213. The van der Waals surface area contributed by atoms with Crippen LogP contribution in [0.2, 0.25) is 0 Å². The van der Waals surface area contributed by atoms with E-state index in [2.05, 4.69) is 17.6 Å². The molecule has 2 aromatic carbocycles. The molecular formula is C34H43N3O8. The van der Waals surface area contributed by atoms with E-state index in [4.69, 9.17) is 18.7 Å². The highest BCUT2D eigenvalue weighted by Crippen LogP contribution is 2.28. The van der Waals surface area contributed by atoms with Gasteiger partial charge in [0.15, 0.2) is 5.76 Å². The Morgan fingerprint density at radius 3 is 2.42 bits per heavy atom. The van der Waals surface area contributed by atoms with Gasteiger partial charge < -0.3 is 24.5 Å². The van der Waals surface area contributed by atoms with Gasteiger partial charge in [0.2, 0.25) is 12.3 Å². The monoisotopic (exact) mass is 621 g/mol. The van der Waals surface area contributed by atoms with Gasteiger partial charge in [-0.3, -0.25) is 19.2 Å². The predicted molar refractivity (Wildman–Crippen MR) is 168 cm³/mol. The van der Waals surface area contributed by atoms with Crippen LogP contribution in [0.5, 0.6) is 5.75 Å². The molecule has 0 spiro atoms. The summed E-state index contributed by atoms with van der Waals surface area (Å²) in [4.78, 5) is 56.3. The van der Waals surface area contributed by atoms with Crippen LogP contribution in [0, 0.1) is 5.92 Å². The standard InChI is InChI=1S/C34H43N3O8/c1-5-8-10-15-28(29(6-2)37(23-38)44-21-24-13-11-9-12-14-24)32(39)35-22-36-33(40)31-17-16-30(45-31)25-18-26(34(41)42-4)20-27(19-25)43-7-3/h9,11-14,16-20,23,28-29H,5-8,10,15,21-22H2,1-4H3,(H,35,39)(H,36,40). The molecule has 3 aromatic rings. The van der Waals surface area contributed by atoms with Gasteiger partial charge >= 0.3 is 5.97 Å². The van der Waals surface area contributed by atoms with Crippen molar-refractivity contribution in [3.8, 4) is 17.1 Å². The molecule has 0 saturated carbocycles. The molecule has 1 heterocycles. The van der Waals surface area contributed by atoms with Crippen LogP contribution < -0.4 is 15.4 Å². The first-order chi connectivity index (χ1) is 21.8. The van der Waals surface area contributed by atoms with Gasteiger partial charge in [-0.25, -0.2) is 9.86 Å². The number of carbonyl (C=O) groups is 4. The van der Waals surface area contributed by atoms with E-state index in [9.17, 15) is 19.2 Å². The second-order valence-corrected chi connectivity index (χ2v) is 10.4. The molecule has 2 atom stereocenters. The Hall–Kier alpha value is -4.64. The van der Waals surface area contributed by atoms with Crippen molar-refractivity contribution >= 4 is 24.2 Å². The molecule has 1 aromatic heterocycles. The quantitative estimate of drug-likeness (QED) is 0.0589. The molecule has 2 unspecified atom stereocenters. The molecular weight excluding hydrogens is 578 g/mol. The van der Waals surface area contributed by atoms with Gasteiger partial charge in [0.25, 0.3) is 5.91 Å². The number of hydrogen-bond donors (Lipinski definition) is 2. The van der Waals surface area contributed by atoms with Crippen molar-refractivity contribution in [2.24, 2.45) is 5.92 Å². The Kier molecular flexibility index (Phi) is 14.1. The van der Waals surface area contributed by atoms with Crippen molar-refractivity contribution in [2.45, 2.75) is 65.5 Å². The first kappa shape index (κ1) is 34.8. The molecule has 11 nitrogen and oxygen atoms in total. The third-order valence-corrected chi connectivity index (χ3v) is 7.26. The van der Waals surface area contributed by atoms with Crippen LogP contribution in [-0.2, 0) is 25.8 Å². The average molecular weight is 622 g/mol. The summed E-state index contributed by atoms with van der Waals surface area (Å²) < 4.78 is 16.2. The molecule has 0 aliphatic rings. The van der Waals surface area contributed by atoms with Crippen LogP contribution in [0.25, 0.3) is 11.3 Å². The van der Waals surface area contributed by atoms with Crippen molar-refractivity contribution in [1.29, 1.82) is 0 Å². The molecule has 11 heteroatoms. The lowest BCUT2D eigenvalue weighted by molar-refractivity contribution is -0.200. The number of furan rings is 1. The summed E-state index contributed by atoms with van der Waals surface area (Å²) in [5.41, 5.74) is 1.71. The maximum atomic E-state index is 13.4. The fraction of sp³-hybridized carbons (Fsp3) is 0.412. The fourth-order valence-corrected chi connectivity index (χ4v) is 4.95. The van der Waals surface area contributed by atoms with E-state index in [1.807, 2.05) is 44.2 Å². The van der Waals surface area contributed by atoms with E-state index in [0.717, 1.165) is 24.8 Å². The van der Waals surface area contributed by atoms with Gasteiger partial charge in [0.05, 0.1) is 37.9 Å². The first-order valence-corrected chi connectivity index (χ1v) is 15.3. The number of rotatable bonds is 19. The Bertz CT molecular complexity index is 1390. The van der Waals surface area contributed by atoms with Crippen molar-refractivity contribution < 1.29 is 37.9 Å². The summed E-state index contributed by atoms with van der Waals surface area (Å²) in [5.74, 6) is -1.08. The average Bonchev–Trinajstić information content (AvgIpc) is 3.56. The Labute approximate surface area is 264 Å². The van der Waals surface area contributed by atoms with Crippen molar-refractivity contribution in [2.75, 3.05) is 20.4 Å². The molecule has 0 saturated heterocycles. The highest BCUT2D eigenvalue weighted by atomic mass is 16.7. The molecule has 0 radical (unpaired) electrons. The van der Waals surface area contributed by atoms with Crippen LogP contribution in [0.1, 0.15) is 79.4 Å². The summed E-state index contributed by atoms with van der Waals surface area (Å²) in [7, 11) is 1.29. The van der Waals surface area contributed by atoms with Crippen LogP contribution in [-0.4, -0.2) is 55.7 Å². The number of ether oxygens (including phenoxy) is 2. The topological polar surface area (TPSA) is 136 Å². The molecule has 0 fully saturated rings. The number of hydroxylamine groups is 2. The molecule has 3 amide bonds. The van der Waals surface area contributed by atoms with Crippen LogP contribution in [0.4, 0.5) is 0 Å². The Morgan fingerprint density at radius 1 is 0.978 bits per heavy atom. The number of nitrogens with zero attached hydrogens (tertiary/aromatic N) is 1. The fourth-order valence-electron chi connectivity index (χ4n) is 4.95.